The van der Waals surface area contributed by atoms with Crippen LogP contribution in [0.25, 0.3) is 55.5 Å². The molecule has 0 saturated carbocycles. The van der Waals surface area contributed by atoms with E-state index in [1.165, 1.54) is 55.5 Å². The van der Waals surface area contributed by atoms with Crippen LogP contribution in [-0.2, 0) is 5.41 Å². The first-order chi connectivity index (χ1) is 18.1. The summed E-state index contributed by atoms with van der Waals surface area (Å²) in [7, 11) is 0. The molecule has 0 fully saturated rings. The zero-order chi connectivity index (χ0) is 25.0. The Kier molecular flexibility index (Phi) is 4.87. The van der Waals surface area contributed by atoms with Crippen LogP contribution in [0.2, 0.25) is 0 Å². The molecule has 5 aromatic carbocycles. The second kappa shape index (κ2) is 8.28. The zero-order valence-corrected chi connectivity index (χ0v) is 21.1. The first-order valence-corrected chi connectivity index (χ1v) is 12.9. The molecule has 0 N–H and O–H groups in total. The molecule has 0 unspecified atom stereocenters. The Balaban J connectivity index is 1.39. The van der Waals surface area contributed by atoms with E-state index in [0.29, 0.717) is 0 Å². The van der Waals surface area contributed by atoms with Crippen LogP contribution < -0.4 is 0 Å². The van der Waals surface area contributed by atoms with Crippen LogP contribution in [0.1, 0.15) is 25.0 Å². The first-order valence-electron chi connectivity index (χ1n) is 12.9. The van der Waals surface area contributed by atoms with E-state index >= 15 is 0 Å². The molecule has 1 heterocycles. The molecule has 1 heteroatoms. The van der Waals surface area contributed by atoms with Gasteiger partial charge in [0.05, 0.1) is 11.2 Å². The van der Waals surface area contributed by atoms with Gasteiger partial charge in [0.15, 0.2) is 0 Å². The van der Waals surface area contributed by atoms with Gasteiger partial charge in [-0.3, -0.25) is 0 Å². The molecule has 7 rings (SSSR count). The van der Waals surface area contributed by atoms with Crippen LogP contribution in [0.3, 0.4) is 0 Å². The summed E-state index contributed by atoms with van der Waals surface area (Å²) in [6, 6.07) is 45.8. The smallest absolute Gasteiger partial charge is 0.0759 e. The van der Waals surface area contributed by atoms with Crippen LogP contribution in [-0.4, -0.2) is 4.98 Å². The van der Waals surface area contributed by atoms with Crippen molar-refractivity contribution in [2.45, 2.75) is 19.3 Å². The third-order valence-electron chi connectivity index (χ3n) is 7.85. The minimum Gasteiger partial charge on any atom is -0.247 e. The van der Waals surface area contributed by atoms with Gasteiger partial charge in [-0.1, -0.05) is 129 Å². The van der Waals surface area contributed by atoms with Gasteiger partial charge in [-0.25, -0.2) is 4.98 Å². The van der Waals surface area contributed by atoms with E-state index in [4.69, 9.17) is 4.98 Å². The maximum absolute atomic E-state index is 5.18. The Morgan fingerprint density at radius 2 is 1.11 bits per heavy atom. The van der Waals surface area contributed by atoms with Crippen molar-refractivity contribution >= 4 is 10.9 Å². The standard InChI is InChI=1S/C36H27N/c1-36(2)31-17-8-6-15-29(31)35-34(36)33(30-16-7-9-18-32(30)37-35)26-21-19-25(20-22-26)28-14-10-13-27(23-28)24-11-4-3-5-12-24/h3-23H,1-2H3. The van der Waals surface area contributed by atoms with E-state index in [0.717, 1.165) is 11.2 Å². The van der Waals surface area contributed by atoms with Gasteiger partial charge in [-0.2, -0.15) is 0 Å². The van der Waals surface area contributed by atoms with Gasteiger partial charge < -0.3 is 0 Å². The lowest BCUT2D eigenvalue weighted by Crippen LogP contribution is -2.16. The van der Waals surface area contributed by atoms with Gasteiger partial charge in [0, 0.05) is 16.4 Å². The fourth-order valence-electron chi connectivity index (χ4n) is 6.02. The van der Waals surface area contributed by atoms with Crippen molar-refractivity contribution in [3.05, 3.63) is 139 Å². The van der Waals surface area contributed by atoms with Gasteiger partial charge in [0.1, 0.15) is 0 Å². The molecule has 0 aliphatic heterocycles. The summed E-state index contributed by atoms with van der Waals surface area (Å²) in [6.45, 7) is 4.67. The van der Waals surface area contributed by atoms with Crippen molar-refractivity contribution in [1.29, 1.82) is 0 Å². The SMILES string of the molecule is CC1(C)c2ccccc2-c2nc3ccccc3c(-c3ccc(-c4cccc(-c5ccccc5)c4)cc3)c21. The summed E-state index contributed by atoms with van der Waals surface area (Å²) in [5.41, 5.74) is 13.4. The topological polar surface area (TPSA) is 12.9 Å². The van der Waals surface area contributed by atoms with Gasteiger partial charge >= 0.3 is 0 Å². The van der Waals surface area contributed by atoms with Crippen molar-refractivity contribution in [2.75, 3.05) is 0 Å². The van der Waals surface area contributed by atoms with Gasteiger partial charge in [0.25, 0.3) is 0 Å². The third-order valence-corrected chi connectivity index (χ3v) is 7.85. The highest BCUT2D eigenvalue weighted by Gasteiger charge is 2.39. The van der Waals surface area contributed by atoms with E-state index in [9.17, 15) is 0 Å². The highest BCUT2D eigenvalue weighted by atomic mass is 14.7. The summed E-state index contributed by atoms with van der Waals surface area (Å²) in [5.74, 6) is 0. The number of hydrogen-bond donors (Lipinski definition) is 0. The maximum Gasteiger partial charge on any atom is 0.0759 e. The average molecular weight is 474 g/mol. The molecule has 0 bridgehead atoms. The molecule has 0 radical (unpaired) electrons. The number of nitrogens with zero attached hydrogens (tertiary/aromatic N) is 1. The summed E-state index contributed by atoms with van der Waals surface area (Å²) in [6.07, 6.45) is 0. The third kappa shape index (κ3) is 3.42. The lowest BCUT2D eigenvalue weighted by Gasteiger charge is -2.25. The van der Waals surface area contributed by atoms with E-state index in [-0.39, 0.29) is 5.41 Å². The molecule has 1 aromatic heterocycles. The molecule has 0 atom stereocenters. The summed E-state index contributed by atoms with van der Waals surface area (Å²) >= 11 is 0. The number of para-hydroxylation sites is 1. The molecular weight excluding hydrogens is 446 g/mol. The Morgan fingerprint density at radius 3 is 1.89 bits per heavy atom. The Hall–Kier alpha value is -4.49. The molecule has 0 spiro atoms. The molecule has 0 saturated heterocycles. The molecule has 6 aromatic rings. The summed E-state index contributed by atoms with van der Waals surface area (Å²) in [4.78, 5) is 5.18. The monoisotopic (exact) mass is 473 g/mol. The summed E-state index contributed by atoms with van der Waals surface area (Å²) < 4.78 is 0. The molecule has 37 heavy (non-hydrogen) atoms. The van der Waals surface area contributed by atoms with Crippen molar-refractivity contribution in [1.82, 2.24) is 4.98 Å². The van der Waals surface area contributed by atoms with Crippen LogP contribution in [0, 0.1) is 0 Å². The van der Waals surface area contributed by atoms with Crippen molar-refractivity contribution in [3.8, 4) is 44.6 Å². The molecule has 0 amide bonds. The van der Waals surface area contributed by atoms with Gasteiger partial charge in [-0.15, -0.1) is 0 Å². The zero-order valence-electron chi connectivity index (χ0n) is 21.1. The van der Waals surface area contributed by atoms with E-state index in [1.807, 2.05) is 0 Å². The fourth-order valence-corrected chi connectivity index (χ4v) is 6.02. The number of fused-ring (bicyclic) bond motifs is 4. The number of benzene rings is 5. The van der Waals surface area contributed by atoms with Crippen LogP contribution in [0.4, 0.5) is 0 Å². The summed E-state index contributed by atoms with van der Waals surface area (Å²) in [5, 5.41) is 1.21. The normalized spacial score (nSPS) is 13.4. The minimum absolute atomic E-state index is 0.124. The van der Waals surface area contributed by atoms with Crippen LogP contribution in [0.15, 0.2) is 127 Å². The predicted molar refractivity (Wildman–Crippen MR) is 156 cm³/mol. The maximum atomic E-state index is 5.18. The Morgan fingerprint density at radius 1 is 0.514 bits per heavy atom. The van der Waals surface area contributed by atoms with Gasteiger partial charge in [-0.05, 0) is 56.6 Å². The Labute approximate surface area is 218 Å². The quantitative estimate of drug-likeness (QED) is 0.249. The van der Waals surface area contributed by atoms with Crippen molar-refractivity contribution in [3.63, 3.8) is 0 Å². The number of rotatable bonds is 3. The second-order valence-electron chi connectivity index (χ2n) is 10.4. The fraction of sp³-hybridized carbons (Fsp3) is 0.0833. The lowest BCUT2D eigenvalue weighted by molar-refractivity contribution is 0.662. The second-order valence-corrected chi connectivity index (χ2v) is 10.4. The van der Waals surface area contributed by atoms with Crippen LogP contribution >= 0.6 is 0 Å². The first kappa shape index (κ1) is 21.8. The highest BCUT2D eigenvalue weighted by Crippen LogP contribution is 2.53. The van der Waals surface area contributed by atoms with E-state index in [1.54, 1.807) is 0 Å². The Bertz CT molecular complexity index is 1780. The predicted octanol–water partition coefficient (Wildman–Crippen LogP) is 9.54. The molecule has 1 nitrogen and oxygen atoms in total. The molecule has 1 aliphatic carbocycles. The molecular formula is C36H27N. The highest BCUT2D eigenvalue weighted by molar-refractivity contribution is 6.02. The number of hydrogen-bond acceptors (Lipinski definition) is 1. The largest absolute Gasteiger partial charge is 0.247 e. The molecule has 1 aliphatic rings. The average Bonchev–Trinajstić information content (AvgIpc) is 3.19. The number of pyridine rings is 1. The van der Waals surface area contributed by atoms with Crippen LogP contribution in [0.5, 0.6) is 0 Å². The van der Waals surface area contributed by atoms with Crippen molar-refractivity contribution in [2.24, 2.45) is 0 Å². The minimum atomic E-state index is -0.124. The number of aromatic nitrogens is 1. The van der Waals surface area contributed by atoms with E-state index in [2.05, 4.69) is 141 Å². The lowest BCUT2D eigenvalue weighted by atomic mass is 9.78. The van der Waals surface area contributed by atoms with Crippen molar-refractivity contribution < 1.29 is 0 Å². The molecule has 176 valence electrons. The van der Waals surface area contributed by atoms with Gasteiger partial charge in [0.2, 0.25) is 0 Å². The van der Waals surface area contributed by atoms with E-state index < -0.39 is 0 Å².